The van der Waals surface area contributed by atoms with E-state index in [0.717, 1.165) is 68.7 Å². The van der Waals surface area contributed by atoms with Crippen molar-refractivity contribution in [2.75, 3.05) is 51.3 Å². The summed E-state index contributed by atoms with van der Waals surface area (Å²) in [6, 6.07) is 4.16. The van der Waals surface area contributed by atoms with Gasteiger partial charge in [-0.15, -0.1) is 0 Å². The van der Waals surface area contributed by atoms with Crippen molar-refractivity contribution in [2.45, 2.75) is 64.9 Å². The molecule has 2 aliphatic heterocycles. The topological polar surface area (TPSA) is 92.3 Å². The van der Waals surface area contributed by atoms with Crippen molar-refractivity contribution in [3.05, 3.63) is 23.4 Å². The van der Waals surface area contributed by atoms with Crippen LogP contribution in [0.1, 0.15) is 57.7 Å². The average Bonchev–Trinajstić information content (AvgIpc) is 2.78. The summed E-state index contributed by atoms with van der Waals surface area (Å²) in [7, 11) is 1.33. The molecule has 2 aliphatic rings. The lowest BCUT2D eigenvalue weighted by molar-refractivity contribution is -0.149. The number of piperazine rings is 1. The monoisotopic (exact) mass is 474 g/mol. The van der Waals surface area contributed by atoms with E-state index in [0.29, 0.717) is 19.6 Å². The Kier molecular flexibility index (Phi) is 8.88. The number of hydrogen-bond donors (Lipinski definition) is 0. The number of aryl methyl sites for hydroxylation is 2. The van der Waals surface area contributed by atoms with Crippen molar-refractivity contribution in [2.24, 2.45) is 0 Å². The zero-order valence-electron chi connectivity index (χ0n) is 21.0. The van der Waals surface area contributed by atoms with Crippen LogP contribution < -0.4 is 4.90 Å². The predicted octanol–water partition coefficient (Wildman–Crippen LogP) is 2.80. The van der Waals surface area contributed by atoms with Crippen LogP contribution in [-0.2, 0) is 31.9 Å². The molecule has 2 amide bonds. The van der Waals surface area contributed by atoms with Gasteiger partial charge in [0.2, 0.25) is 5.91 Å². The fraction of sp³-hybridized carbons (Fsp3) is 0.680. The van der Waals surface area contributed by atoms with Gasteiger partial charge in [-0.2, -0.15) is 0 Å². The van der Waals surface area contributed by atoms with Crippen LogP contribution in [0.25, 0.3) is 0 Å². The third kappa shape index (κ3) is 7.41. The van der Waals surface area contributed by atoms with E-state index >= 15 is 0 Å². The van der Waals surface area contributed by atoms with Crippen molar-refractivity contribution in [1.82, 2.24) is 14.8 Å². The van der Waals surface area contributed by atoms with Crippen molar-refractivity contribution in [1.29, 1.82) is 0 Å². The van der Waals surface area contributed by atoms with Gasteiger partial charge in [0.25, 0.3) is 0 Å². The highest BCUT2D eigenvalue weighted by molar-refractivity contribution is 5.88. The molecule has 0 spiro atoms. The SMILES string of the molecule is COC(=O)CN1CCN(CCCCCc2ccc3c(n2)N(C(=O)OC(C)(C)C)CCC3)CC1=O. The molecule has 0 N–H and O–H groups in total. The number of fused-ring (bicyclic) bond motifs is 1. The molecular weight excluding hydrogens is 436 g/mol. The van der Waals surface area contributed by atoms with E-state index in [9.17, 15) is 14.4 Å². The molecule has 1 fully saturated rings. The van der Waals surface area contributed by atoms with Crippen LogP contribution in [0.5, 0.6) is 0 Å². The Morgan fingerprint density at radius 3 is 2.59 bits per heavy atom. The molecule has 1 aromatic heterocycles. The first kappa shape index (κ1) is 25.9. The van der Waals surface area contributed by atoms with Gasteiger partial charge in [-0.05, 0) is 71.0 Å². The van der Waals surface area contributed by atoms with Crippen LogP contribution in [0.2, 0.25) is 0 Å². The number of anilines is 1. The van der Waals surface area contributed by atoms with Gasteiger partial charge >= 0.3 is 12.1 Å². The summed E-state index contributed by atoms with van der Waals surface area (Å²) in [5, 5.41) is 0. The van der Waals surface area contributed by atoms with Gasteiger partial charge in [0.1, 0.15) is 18.0 Å². The molecule has 0 unspecified atom stereocenters. The number of ether oxygens (including phenoxy) is 2. The maximum absolute atomic E-state index is 12.7. The molecule has 3 rings (SSSR count). The summed E-state index contributed by atoms with van der Waals surface area (Å²) < 4.78 is 10.2. The predicted molar refractivity (Wildman–Crippen MR) is 129 cm³/mol. The normalized spacial score (nSPS) is 16.9. The van der Waals surface area contributed by atoms with E-state index < -0.39 is 5.60 Å². The van der Waals surface area contributed by atoms with Crippen molar-refractivity contribution < 1.29 is 23.9 Å². The molecule has 0 radical (unpaired) electrons. The van der Waals surface area contributed by atoms with Gasteiger partial charge in [0, 0.05) is 25.3 Å². The number of methoxy groups -OCH3 is 1. The standard InChI is InChI=1S/C25H38N4O5/c1-25(2,3)34-24(32)29-14-8-9-19-11-12-20(26-23(19)29)10-6-5-7-13-27-15-16-28(21(30)17-27)18-22(31)33-4/h11-12H,5-10,13-18H2,1-4H3. The smallest absolute Gasteiger partial charge is 0.416 e. The summed E-state index contributed by atoms with van der Waals surface area (Å²) in [5.41, 5.74) is 1.54. The summed E-state index contributed by atoms with van der Waals surface area (Å²) in [6.07, 6.45) is 5.37. The number of rotatable bonds is 8. The number of carbonyl (C=O) groups excluding carboxylic acids is 3. The van der Waals surface area contributed by atoms with E-state index in [1.807, 2.05) is 20.8 Å². The highest BCUT2D eigenvalue weighted by Crippen LogP contribution is 2.27. The minimum absolute atomic E-state index is 0.0237. The molecule has 3 heterocycles. The van der Waals surface area contributed by atoms with Crippen LogP contribution >= 0.6 is 0 Å². The Bertz CT molecular complexity index is 883. The van der Waals surface area contributed by atoms with E-state index in [1.54, 1.807) is 9.80 Å². The van der Waals surface area contributed by atoms with E-state index in [2.05, 4.69) is 21.8 Å². The fourth-order valence-electron chi connectivity index (χ4n) is 4.27. The number of aromatic nitrogens is 1. The number of amides is 2. The first-order chi connectivity index (χ1) is 16.2. The number of esters is 1. The van der Waals surface area contributed by atoms with Gasteiger partial charge in [-0.1, -0.05) is 12.5 Å². The van der Waals surface area contributed by atoms with Crippen LogP contribution in [0.4, 0.5) is 10.6 Å². The maximum atomic E-state index is 12.7. The Morgan fingerprint density at radius 1 is 1.09 bits per heavy atom. The Balaban J connectivity index is 1.43. The van der Waals surface area contributed by atoms with Crippen molar-refractivity contribution in [3.8, 4) is 0 Å². The van der Waals surface area contributed by atoms with Crippen molar-refractivity contribution in [3.63, 3.8) is 0 Å². The molecule has 9 nitrogen and oxygen atoms in total. The van der Waals surface area contributed by atoms with E-state index in [4.69, 9.17) is 9.72 Å². The Hall–Kier alpha value is -2.68. The molecule has 1 aromatic rings. The molecule has 0 aromatic carbocycles. The Labute approximate surface area is 202 Å². The summed E-state index contributed by atoms with van der Waals surface area (Å²) in [4.78, 5) is 46.5. The first-order valence-corrected chi connectivity index (χ1v) is 12.2. The van der Waals surface area contributed by atoms with Gasteiger partial charge in [-0.3, -0.25) is 19.4 Å². The molecule has 188 valence electrons. The van der Waals surface area contributed by atoms with Crippen LogP contribution in [0.15, 0.2) is 12.1 Å². The molecule has 0 saturated carbocycles. The quantitative estimate of drug-likeness (QED) is 0.423. The number of nitrogens with zero attached hydrogens (tertiary/aromatic N) is 4. The summed E-state index contributed by atoms with van der Waals surface area (Å²) in [6.45, 7) is 8.82. The number of carbonyl (C=O) groups is 3. The lowest BCUT2D eigenvalue weighted by Gasteiger charge is -2.33. The van der Waals surface area contributed by atoms with Crippen LogP contribution in [0.3, 0.4) is 0 Å². The van der Waals surface area contributed by atoms with Crippen molar-refractivity contribution >= 4 is 23.8 Å². The number of unbranched alkanes of at least 4 members (excludes halogenated alkanes) is 2. The fourth-order valence-corrected chi connectivity index (χ4v) is 4.27. The van der Waals surface area contributed by atoms with Crippen LogP contribution in [0, 0.1) is 0 Å². The van der Waals surface area contributed by atoms with E-state index in [-0.39, 0.29) is 24.5 Å². The molecule has 34 heavy (non-hydrogen) atoms. The van der Waals surface area contributed by atoms with Gasteiger partial charge in [-0.25, -0.2) is 9.78 Å². The summed E-state index contributed by atoms with van der Waals surface area (Å²) in [5.74, 6) is 0.331. The summed E-state index contributed by atoms with van der Waals surface area (Å²) >= 11 is 0. The first-order valence-electron chi connectivity index (χ1n) is 12.2. The molecule has 0 aliphatic carbocycles. The second-order valence-corrected chi connectivity index (χ2v) is 10.00. The Morgan fingerprint density at radius 2 is 1.88 bits per heavy atom. The number of hydrogen-bond acceptors (Lipinski definition) is 7. The second-order valence-electron chi connectivity index (χ2n) is 10.00. The van der Waals surface area contributed by atoms with Crippen LogP contribution in [-0.4, -0.2) is 84.7 Å². The largest absolute Gasteiger partial charge is 0.468 e. The molecule has 9 heteroatoms. The zero-order valence-corrected chi connectivity index (χ0v) is 21.0. The maximum Gasteiger partial charge on any atom is 0.416 e. The van der Waals surface area contributed by atoms with Gasteiger partial charge in [0.15, 0.2) is 0 Å². The third-order valence-corrected chi connectivity index (χ3v) is 6.06. The van der Waals surface area contributed by atoms with Gasteiger partial charge in [0.05, 0.1) is 13.7 Å². The second kappa shape index (κ2) is 11.6. The minimum Gasteiger partial charge on any atom is -0.468 e. The molecule has 0 atom stereocenters. The van der Waals surface area contributed by atoms with Gasteiger partial charge < -0.3 is 14.4 Å². The highest BCUT2D eigenvalue weighted by atomic mass is 16.6. The highest BCUT2D eigenvalue weighted by Gasteiger charge is 2.29. The number of pyridine rings is 1. The average molecular weight is 475 g/mol. The minimum atomic E-state index is -0.537. The zero-order chi connectivity index (χ0) is 24.7. The lowest BCUT2D eigenvalue weighted by Crippen LogP contribution is -2.51. The molecule has 1 saturated heterocycles. The third-order valence-electron chi connectivity index (χ3n) is 6.06. The van der Waals surface area contributed by atoms with E-state index in [1.165, 1.54) is 7.11 Å². The lowest BCUT2D eigenvalue weighted by atomic mass is 10.0. The molecular formula is C25H38N4O5. The molecule has 0 bridgehead atoms.